The maximum absolute atomic E-state index is 11.6. The number of hydrogen-bond acceptors (Lipinski definition) is 5. The number of carbonyl (C=O) groups is 1. The summed E-state index contributed by atoms with van der Waals surface area (Å²) in [7, 11) is 1.92. The Kier molecular flexibility index (Phi) is 5.88. The molecule has 18 heavy (non-hydrogen) atoms. The third-order valence-corrected chi connectivity index (χ3v) is 2.58. The van der Waals surface area contributed by atoms with Crippen molar-refractivity contribution in [1.82, 2.24) is 4.90 Å². The fourth-order valence-electron chi connectivity index (χ4n) is 1.59. The molecule has 0 aliphatic rings. The lowest BCUT2D eigenvalue weighted by molar-refractivity contribution is 0.0522. The fourth-order valence-corrected chi connectivity index (χ4v) is 1.59. The first-order valence-corrected chi connectivity index (χ1v) is 6.14. The molecule has 0 amide bonds. The molecule has 1 unspecified atom stereocenters. The smallest absolute Gasteiger partial charge is 0.341 e. The third kappa shape index (κ3) is 4.50. The van der Waals surface area contributed by atoms with Crippen LogP contribution in [0.3, 0.4) is 0 Å². The summed E-state index contributed by atoms with van der Waals surface area (Å²) in [5.41, 5.74) is 0.473. The predicted molar refractivity (Wildman–Crippen MR) is 67.3 cm³/mol. The molecule has 5 heteroatoms. The van der Waals surface area contributed by atoms with Crippen molar-refractivity contribution in [1.29, 1.82) is 0 Å². The van der Waals surface area contributed by atoms with Gasteiger partial charge in [-0.3, -0.25) is 4.90 Å². The number of ether oxygens (including phenoxy) is 1. The first-order chi connectivity index (χ1) is 8.54. The number of esters is 1. The zero-order valence-corrected chi connectivity index (χ0v) is 11.2. The zero-order chi connectivity index (χ0) is 13.5. The Morgan fingerprint density at radius 1 is 1.61 bits per heavy atom. The van der Waals surface area contributed by atoms with Crippen LogP contribution >= 0.6 is 0 Å². The van der Waals surface area contributed by atoms with Crippen LogP contribution in [0.15, 0.2) is 16.7 Å². The van der Waals surface area contributed by atoms with Gasteiger partial charge in [-0.05, 0) is 33.4 Å². The van der Waals surface area contributed by atoms with Gasteiger partial charge in [-0.2, -0.15) is 0 Å². The molecule has 0 aliphatic heterocycles. The zero-order valence-electron chi connectivity index (χ0n) is 11.2. The standard InChI is InChI=1S/C13H21NO4/c1-4-17-13(16)11-6-8-18-12(11)9-14(3)7-5-10(2)15/h6,8,10,15H,4-5,7,9H2,1-3H3. The lowest BCUT2D eigenvalue weighted by Gasteiger charge is -2.16. The van der Waals surface area contributed by atoms with Crippen molar-refractivity contribution in [2.75, 3.05) is 20.2 Å². The molecular weight excluding hydrogens is 234 g/mol. The Morgan fingerprint density at radius 2 is 2.33 bits per heavy atom. The van der Waals surface area contributed by atoms with Crippen molar-refractivity contribution in [3.63, 3.8) is 0 Å². The van der Waals surface area contributed by atoms with Crippen LogP contribution in [-0.4, -0.2) is 42.3 Å². The van der Waals surface area contributed by atoms with Crippen LogP contribution < -0.4 is 0 Å². The van der Waals surface area contributed by atoms with E-state index in [2.05, 4.69) is 0 Å². The van der Waals surface area contributed by atoms with Gasteiger partial charge in [0, 0.05) is 6.54 Å². The van der Waals surface area contributed by atoms with Crippen molar-refractivity contribution >= 4 is 5.97 Å². The molecule has 1 aromatic heterocycles. The van der Waals surface area contributed by atoms with Crippen LogP contribution in [0.2, 0.25) is 0 Å². The molecule has 0 fully saturated rings. The van der Waals surface area contributed by atoms with Crippen LogP contribution in [0.25, 0.3) is 0 Å². The molecule has 102 valence electrons. The van der Waals surface area contributed by atoms with Crippen molar-refractivity contribution in [3.05, 3.63) is 23.7 Å². The molecule has 1 rings (SSSR count). The summed E-state index contributed by atoms with van der Waals surface area (Å²) in [6.45, 7) is 5.13. The van der Waals surface area contributed by atoms with Gasteiger partial charge in [-0.1, -0.05) is 0 Å². The Balaban J connectivity index is 2.56. The summed E-state index contributed by atoms with van der Waals surface area (Å²) in [6, 6.07) is 1.62. The van der Waals surface area contributed by atoms with E-state index < -0.39 is 0 Å². The molecule has 0 aromatic carbocycles. The van der Waals surface area contributed by atoms with Gasteiger partial charge in [0.25, 0.3) is 0 Å². The van der Waals surface area contributed by atoms with Gasteiger partial charge in [-0.15, -0.1) is 0 Å². The van der Waals surface area contributed by atoms with E-state index in [-0.39, 0.29) is 12.1 Å². The minimum absolute atomic E-state index is 0.325. The van der Waals surface area contributed by atoms with Crippen LogP contribution in [0.1, 0.15) is 36.4 Å². The molecule has 5 nitrogen and oxygen atoms in total. The van der Waals surface area contributed by atoms with Crippen LogP contribution in [0.4, 0.5) is 0 Å². The lowest BCUT2D eigenvalue weighted by atomic mass is 10.2. The minimum atomic E-state index is -0.356. The quantitative estimate of drug-likeness (QED) is 0.751. The molecule has 1 N–H and O–H groups in total. The van der Waals surface area contributed by atoms with E-state index >= 15 is 0 Å². The van der Waals surface area contributed by atoms with E-state index in [1.54, 1.807) is 19.9 Å². The summed E-state index contributed by atoms with van der Waals surface area (Å²) >= 11 is 0. The minimum Gasteiger partial charge on any atom is -0.467 e. The van der Waals surface area contributed by atoms with Gasteiger partial charge in [0.1, 0.15) is 11.3 Å². The average molecular weight is 255 g/mol. The number of furan rings is 1. The van der Waals surface area contributed by atoms with E-state index in [9.17, 15) is 9.90 Å². The number of carbonyl (C=O) groups excluding carboxylic acids is 1. The fraction of sp³-hybridized carbons (Fsp3) is 0.615. The summed E-state index contributed by atoms with van der Waals surface area (Å²) < 4.78 is 10.3. The number of rotatable bonds is 7. The molecule has 0 aliphatic carbocycles. The molecule has 1 heterocycles. The highest BCUT2D eigenvalue weighted by Crippen LogP contribution is 2.14. The van der Waals surface area contributed by atoms with Gasteiger partial charge in [0.05, 0.1) is 25.5 Å². The van der Waals surface area contributed by atoms with E-state index in [4.69, 9.17) is 9.15 Å². The van der Waals surface area contributed by atoms with Gasteiger partial charge in [0.15, 0.2) is 0 Å². The van der Waals surface area contributed by atoms with Crippen molar-refractivity contribution in [2.45, 2.75) is 32.9 Å². The normalized spacial score (nSPS) is 12.7. The van der Waals surface area contributed by atoms with Gasteiger partial charge >= 0.3 is 5.97 Å². The summed E-state index contributed by atoms with van der Waals surface area (Å²) in [5, 5.41) is 9.22. The molecule has 1 atom stereocenters. The van der Waals surface area contributed by atoms with E-state index in [0.29, 0.717) is 30.9 Å². The Morgan fingerprint density at radius 3 is 2.94 bits per heavy atom. The Labute approximate surface area is 107 Å². The highest BCUT2D eigenvalue weighted by Gasteiger charge is 2.17. The molecule has 0 saturated heterocycles. The first-order valence-electron chi connectivity index (χ1n) is 6.14. The average Bonchev–Trinajstić information content (AvgIpc) is 2.75. The maximum Gasteiger partial charge on any atom is 0.341 e. The summed E-state index contributed by atoms with van der Waals surface area (Å²) in [6.07, 6.45) is 1.85. The van der Waals surface area contributed by atoms with Crippen LogP contribution in [0, 0.1) is 0 Å². The van der Waals surface area contributed by atoms with Crippen molar-refractivity contribution in [2.24, 2.45) is 0 Å². The van der Waals surface area contributed by atoms with Gasteiger partial charge in [-0.25, -0.2) is 4.79 Å². The molecule has 0 bridgehead atoms. The highest BCUT2D eigenvalue weighted by atomic mass is 16.5. The number of aliphatic hydroxyl groups is 1. The molecule has 0 saturated carbocycles. The molecular formula is C13H21NO4. The monoisotopic (exact) mass is 255 g/mol. The maximum atomic E-state index is 11.6. The van der Waals surface area contributed by atoms with Crippen LogP contribution in [-0.2, 0) is 11.3 Å². The summed E-state index contributed by atoms with van der Waals surface area (Å²) in [5.74, 6) is 0.242. The second-order valence-electron chi connectivity index (χ2n) is 4.35. The third-order valence-electron chi connectivity index (χ3n) is 2.58. The van der Waals surface area contributed by atoms with Crippen LogP contribution in [0.5, 0.6) is 0 Å². The Hall–Kier alpha value is -1.33. The first kappa shape index (κ1) is 14.7. The molecule has 0 spiro atoms. The Bertz CT molecular complexity index is 373. The van der Waals surface area contributed by atoms with Gasteiger partial charge < -0.3 is 14.3 Å². The second-order valence-corrected chi connectivity index (χ2v) is 4.35. The predicted octanol–water partition coefficient (Wildman–Crippen LogP) is 1.66. The van der Waals surface area contributed by atoms with Crippen molar-refractivity contribution < 1.29 is 19.1 Å². The van der Waals surface area contributed by atoms with E-state index in [1.807, 2.05) is 11.9 Å². The van der Waals surface area contributed by atoms with Gasteiger partial charge in [0.2, 0.25) is 0 Å². The molecule has 0 radical (unpaired) electrons. The van der Waals surface area contributed by atoms with E-state index in [1.165, 1.54) is 6.26 Å². The topological polar surface area (TPSA) is 62.9 Å². The largest absolute Gasteiger partial charge is 0.467 e. The lowest BCUT2D eigenvalue weighted by Crippen LogP contribution is -2.23. The highest BCUT2D eigenvalue weighted by molar-refractivity contribution is 5.90. The number of nitrogens with zero attached hydrogens (tertiary/aromatic N) is 1. The SMILES string of the molecule is CCOC(=O)c1ccoc1CN(C)CCC(C)O. The second kappa shape index (κ2) is 7.18. The van der Waals surface area contributed by atoms with Crippen molar-refractivity contribution in [3.8, 4) is 0 Å². The molecule has 1 aromatic rings. The van der Waals surface area contributed by atoms with E-state index in [0.717, 1.165) is 6.54 Å². The number of aliphatic hydroxyl groups excluding tert-OH is 1. The number of hydrogen-bond donors (Lipinski definition) is 1. The summed E-state index contributed by atoms with van der Waals surface area (Å²) in [4.78, 5) is 13.6.